The Morgan fingerprint density at radius 2 is 1.88 bits per heavy atom. The number of fused-ring (bicyclic) bond motifs is 1. The second-order valence-electron chi connectivity index (χ2n) is 6.05. The molecular formula is C19H22N2O3S. The van der Waals surface area contributed by atoms with Crippen LogP contribution in [0, 0.1) is 0 Å². The third kappa shape index (κ3) is 3.39. The van der Waals surface area contributed by atoms with Gasteiger partial charge in [-0.1, -0.05) is 37.6 Å². The second kappa shape index (κ2) is 7.27. The average Bonchev–Trinajstić information content (AvgIpc) is 3.07. The summed E-state index contributed by atoms with van der Waals surface area (Å²) in [6.07, 6.45) is 2.48. The molecular weight excluding hydrogens is 336 g/mol. The van der Waals surface area contributed by atoms with Crippen molar-refractivity contribution in [2.24, 2.45) is 0 Å². The number of carbonyl (C=O) groups is 1. The first kappa shape index (κ1) is 17.5. The van der Waals surface area contributed by atoms with Crippen LogP contribution >= 0.6 is 0 Å². The SMILES string of the molecule is CCCCNC(=O)c1cccc2c1CCN2S(=O)(=O)c1ccccc1. The largest absolute Gasteiger partial charge is 0.352 e. The first-order valence-electron chi connectivity index (χ1n) is 8.53. The molecule has 1 aliphatic heterocycles. The molecule has 0 spiro atoms. The van der Waals surface area contributed by atoms with Crippen molar-refractivity contribution in [1.82, 2.24) is 5.32 Å². The van der Waals surface area contributed by atoms with Crippen LogP contribution < -0.4 is 9.62 Å². The highest BCUT2D eigenvalue weighted by Gasteiger charge is 2.32. The summed E-state index contributed by atoms with van der Waals surface area (Å²) in [4.78, 5) is 12.7. The van der Waals surface area contributed by atoms with E-state index in [1.54, 1.807) is 48.5 Å². The van der Waals surface area contributed by atoms with Crippen LogP contribution in [0.2, 0.25) is 0 Å². The normalized spacial score (nSPS) is 13.6. The number of benzene rings is 2. The average molecular weight is 358 g/mol. The lowest BCUT2D eigenvalue weighted by atomic mass is 10.0. The maximum absolute atomic E-state index is 12.9. The zero-order valence-corrected chi connectivity index (χ0v) is 15.1. The molecule has 2 aromatic carbocycles. The Bertz CT molecular complexity index is 863. The topological polar surface area (TPSA) is 66.5 Å². The number of hydrogen-bond donors (Lipinski definition) is 1. The van der Waals surface area contributed by atoms with Crippen molar-refractivity contribution in [2.45, 2.75) is 31.1 Å². The van der Waals surface area contributed by atoms with Gasteiger partial charge in [0.15, 0.2) is 0 Å². The van der Waals surface area contributed by atoms with Gasteiger partial charge in [0.25, 0.3) is 15.9 Å². The zero-order valence-electron chi connectivity index (χ0n) is 14.2. The standard InChI is InChI=1S/C19H22N2O3S/c1-2-3-13-20-19(22)17-10-7-11-18-16(17)12-14-21(18)25(23,24)15-8-5-4-6-9-15/h4-11H,2-3,12-14H2,1H3,(H,20,22). The second-order valence-corrected chi connectivity index (χ2v) is 7.92. The molecule has 2 aromatic rings. The Balaban J connectivity index is 1.91. The number of carbonyl (C=O) groups excluding carboxylic acids is 1. The molecule has 1 aliphatic rings. The van der Waals surface area contributed by atoms with E-state index in [9.17, 15) is 13.2 Å². The maximum atomic E-state index is 12.9. The molecule has 0 radical (unpaired) electrons. The molecule has 1 amide bonds. The van der Waals surface area contributed by atoms with Crippen molar-refractivity contribution in [3.8, 4) is 0 Å². The van der Waals surface area contributed by atoms with Gasteiger partial charge in [0.2, 0.25) is 0 Å². The molecule has 1 heterocycles. The lowest BCUT2D eigenvalue weighted by molar-refractivity contribution is 0.0952. The van der Waals surface area contributed by atoms with Crippen molar-refractivity contribution in [2.75, 3.05) is 17.4 Å². The lowest BCUT2D eigenvalue weighted by Crippen LogP contribution is -2.29. The highest BCUT2D eigenvalue weighted by Crippen LogP contribution is 2.34. The molecule has 0 aromatic heterocycles. The van der Waals surface area contributed by atoms with E-state index in [1.165, 1.54) is 4.31 Å². The summed E-state index contributed by atoms with van der Waals surface area (Å²) < 4.78 is 27.2. The fourth-order valence-electron chi connectivity index (χ4n) is 3.06. The van der Waals surface area contributed by atoms with Crippen molar-refractivity contribution in [3.63, 3.8) is 0 Å². The summed E-state index contributed by atoms with van der Waals surface area (Å²) in [6.45, 7) is 3.05. The molecule has 0 atom stereocenters. The smallest absolute Gasteiger partial charge is 0.264 e. The van der Waals surface area contributed by atoms with Crippen molar-refractivity contribution >= 4 is 21.6 Å². The van der Waals surface area contributed by atoms with Crippen LogP contribution in [0.5, 0.6) is 0 Å². The summed E-state index contributed by atoms with van der Waals surface area (Å²) in [7, 11) is -3.61. The van der Waals surface area contributed by atoms with E-state index in [4.69, 9.17) is 0 Å². The van der Waals surface area contributed by atoms with Gasteiger partial charge in [0, 0.05) is 18.7 Å². The van der Waals surface area contributed by atoms with Gasteiger partial charge in [-0.2, -0.15) is 0 Å². The fourth-order valence-corrected chi connectivity index (χ4v) is 4.58. The number of unbranched alkanes of at least 4 members (excludes halogenated alkanes) is 1. The fraction of sp³-hybridized carbons (Fsp3) is 0.316. The van der Waals surface area contributed by atoms with Crippen molar-refractivity contribution < 1.29 is 13.2 Å². The molecule has 132 valence electrons. The van der Waals surface area contributed by atoms with Gasteiger partial charge in [-0.25, -0.2) is 8.42 Å². The molecule has 1 N–H and O–H groups in total. The quantitative estimate of drug-likeness (QED) is 0.808. The van der Waals surface area contributed by atoms with E-state index >= 15 is 0 Å². The molecule has 0 fully saturated rings. The number of sulfonamides is 1. The lowest BCUT2D eigenvalue weighted by Gasteiger charge is -2.20. The molecule has 0 saturated heterocycles. The molecule has 0 bridgehead atoms. The molecule has 0 saturated carbocycles. The van der Waals surface area contributed by atoms with E-state index in [0.717, 1.165) is 18.4 Å². The van der Waals surface area contributed by atoms with E-state index in [0.29, 0.717) is 30.8 Å². The first-order chi connectivity index (χ1) is 12.1. The van der Waals surface area contributed by atoms with Gasteiger partial charge in [-0.3, -0.25) is 9.10 Å². The minimum Gasteiger partial charge on any atom is -0.352 e. The van der Waals surface area contributed by atoms with Gasteiger partial charge in [0.1, 0.15) is 0 Å². The molecule has 0 unspecified atom stereocenters. The summed E-state index contributed by atoms with van der Waals surface area (Å²) in [5.41, 5.74) is 1.97. The maximum Gasteiger partial charge on any atom is 0.264 e. The number of anilines is 1. The highest BCUT2D eigenvalue weighted by molar-refractivity contribution is 7.92. The predicted molar refractivity (Wildman–Crippen MR) is 98.4 cm³/mol. The Kier molecular flexibility index (Phi) is 5.08. The molecule has 25 heavy (non-hydrogen) atoms. The Labute approximate surface area is 148 Å². The van der Waals surface area contributed by atoms with E-state index in [-0.39, 0.29) is 10.8 Å². The van der Waals surface area contributed by atoms with Crippen molar-refractivity contribution in [3.05, 3.63) is 59.7 Å². The predicted octanol–water partition coefficient (Wildman–Crippen LogP) is 2.97. The third-order valence-electron chi connectivity index (χ3n) is 4.38. The monoisotopic (exact) mass is 358 g/mol. The van der Waals surface area contributed by atoms with Crippen LogP contribution in [-0.2, 0) is 16.4 Å². The Hall–Kier alpha value is -2.34. The van der Waals surface area contributed by atoms with Crippen molar-refractivity contribution in [1.29, 1.82) is 0 Å². The minimum atomic E-state index is -3.61. The van der Waals surface area contributed by atoms with Crippen LogP contribution in [0.1, 0.15) is 35.7 Å². The first-order valence-corrected chi connectivity index (χ1v) is 9.97. The third-order valence-corrected chi connectivity index (χ3v) is 6.20. The van der Waals surface area contributed by atoms with E-state index in [2.05, 4.69) is 12.2 Å². The zero-order chi connectivity index (χ0) is 17.9. The summed E-state index contributed by atoms with van der Waals surface area (Å²) in [5, 5.41) is 2.91. The van der Waals surface area contributed by atoms with Crippen LogP contribution in [-0.4, -0.2) is 27.4 Å². The number of nitrogens with zero attached hydrogens (tertiary/aromatic N) is 1. The van der Waals surface area contributed by atoms with Crippen LogP contribution in [0.15, 0.2) is 53.4 Å². The Morgan fingerprint density at radius 1 is 1.12 bits per heavy atom. The van der Waals surface area contributed by atoms with Crippen LogP contribution in [0.3, 0.4) is 0 Å². The number of rotatable bonds is 6. The number of hydrogen-bond acceptors (Lipinski definition) is 3. The highest BCUT2D eigenvalue weighted by atomic mass is 32.2. The molecule has 5 nitrogen and oxygen atoms in total. The number of amides is 1. The number of nitrogens with one attached hydrogen (secondary N) is 1. The summed E-state index contributed by atoms with van der Waals surface area (Å²) >= 11 is 0. The van der Waals surface area contributed by atoms with Crippen LogP contribution in [0.4, 0.5) is 5.69 Å². The van der Waals surface area contributed by atoms with E-state index < -0.39 is 10.0 Å². The van der Waals surface area contributed by atoms with Crippen LogP contribution in [0.25, 0.3) is 0 Å². The molecule has 3 rings (SSSR count). The van der Waals surface area contributed by atoms with Gasteiger partial charge < -0.3 is 5.32 Å². The van der Waals surface area contributed by atoms with Gasteiger partial charge in [0.05, 0.1) is 10.6 Å². The van der Waals surface area contributed by atoms with Gasteiger partial charge >= 0.3 is 0 Å². The molecule has 6 heteroatoms. The summed E-state index contributed by atoms with van der Waals surface area (Å²) in [5.74, 6) is -0.135. The van der Waals surface area contributed by atoms with Gasteiger partial charge in [-0.15, -0.1) is 0 Å². The van der Waals surface area contributed by atoms with Gasteiger partial charge in [-0.05, 0) is 42.7 Å². The molecule has 0 aliphatic carbocycles. The minimum absolute atomic E-state index is 0.135. The van der Waals surface area contributed by atoms with E-state index in [1.807, 2.05) is 0 Å². The Morgan fingerprint density at radius 3 is 2.60 bits per heavy atom. The summed E-state index contributed by atoms with van der Waals surface area (Å²) in [6, 6.07) is 13.7.